The summed E-state index contributed by atoms with van der Waals surface area (Å²) in [5, 5.41) is 6.53. The Hall–Kier alpha value is -2.47. The first-order valence-electron chi connectivity index (χ1n) is 6.97. The Morgan fingerprint density at radius 3 is 2.48 bits per heavy atom. The maximum Gasteiger partial charge on any atom is 0.249 e. The molecule has 0 saturated heterocycles. The van der Waals surface area contributed by atoms with Crippen molar-refractivity contribution in [2.24, 2.45) is 5.10 Å². The Morgan fingerprint density at radius 1 is 1.09 bits per heavy atom. The number of para-hydroxylation sites is 1. The van der Waals surface area contributed by atoms with E-state index >= 15 is 0 Å². The molecule has 6 heteroatoms. The van der Waals surface area contributed by atoms with Crippen molar-refractivity contribution >= 4 is 39.6 Å². The molecule has 0 radical (unpaired) electrons. The molecule has 0 saturated carbocycles. The van der Waals surface area contributed by atoms with Gasteiger partial charge in [0, 0.05) is 10.2 Å². The van der Waals surface area contributed by atoms with E-state index in [1.54, 1.807) is 6.07 Å². The van der Waals surface area contributed by atoms with Crippen molar-refractivity contribution < 1.29 is 9.59 Å². The summed E-state index contributed by atoms with van der Waals surface area (Å²) in [5.41, 5.74) is 4.82. The maximum atomic E-state index is 11.8. The van der Waals surface area contributed by atoms with E-state index in [-0.39, 0.29) is 12.3 Å². The van der Waals surface area contributed by atoms with Gasteiger partial charge in [0.25, 0.3) is 0 Å². The highest BCUT2D eigenvalue weighted by Gasteiger charge is 2.09. The Labute approximate surface area is 142 Å². The molecule has 0 spiro atoms. The molecule has 2 rings (SSSR count). The van der Waals surface area contributed by atoms with Crippen LogP contribution in [0.25, 0.3) is 0 Å². The van der Waals surface area contributed by atoms with E-state index in [9.17, 15) is 9.59 Å². The lowest BCUT2D eigenvalue weighted by molar-refractivity contribution is -0.126. The topological polar surface area (TPSA) is 70.6 Å². The average molecular weight is 374 g/mol. The molecule has 2 aromatic rings. The van der Waals surface area contributed by atoms with Gasteiger partial charge >= 0.3 is 0 Å². The van der Waals surface area contributed by atoms with Crippen molar-refractivity contribution in [3.63, 3.8) is 0 Å². The van der Waals surface area contributed by atoms with Gasteiger partial charge in [-0.2, -0.15) is 5.10 Å². The molecule has 23 heavy (non-hydrogen) atoms. The number of aryl methyl sites for hydroxylation is 1. The van der Waals surface area contributed by atoms with Gasteiger partial charge in [0.1, 0.15) is 6.42 Å². The Bertz CT molecular complexity index is 727. The Balaban J connectivity index is 1.81. The zero-order chi connectivity index (χ0) is 16.7. The van der Waals surface area contributed by atoms with Gasteiger partial charge in [0.05, 0.1) is 6.21 Å². The molecule has 0 aliphatic rings. The molecular formula is C17H16BrN3O2. The quantitative estimate of drug-likeness (QED) is 0.479. The SMILES string of the molecule is Cc1ccccc1NC(=O)CC(=O)NN=Cc1ccc(Br)cc1. The molecule has 2 N–H and O–H groups in total. The average Bonchev–Trinajstić information content (AvgIpc) is 2.51. The van der Waals surface area contributed by atoms with Crippen molar-refractivity contribution in [1.82, 2.24) is 5.43 Å². The number of benzene rings is 2. The number of hydrazone groups is 1. The molecule has 5 nitrogen and oxygen atoms in total. The van der Waals surface area contributed by atoms with E-state index in [0.717, 1.165) is 15.6 Å². The summed E-state index contributed by atoms with van der Waals surface area (Å²) in [4.78, 5) is 23.5. The third kappa shape index (κ3) is 5.67. The molecule has 0 aliphatic carbocycles. The third-order valence-corrected chi connectivity index (χ3v) is 3.54. The minimum atomic E-state index is -0.468. The van der Waals surface area contributed by atoms with Crippen LogP contribution in [0.15, 0.2) is 58.1 Å². The molecule has 0 unspecified atom stereocenters. The van der Waals surface area contributed by atoms with E-state index in [0.29, 0.717) is 5.69 Å². The number of nitrogens with zero attached hydrogens (tertiary/aromatic N) is 1. The van der Waals surface area contributed by atoms with Crippen molar-refractivity contribution in [3.8, 4) is 0 Å². The van der Waals surface area contributed by atoms with Gasteiger partial charge in [-0.1, -0.05) is 46.3 Å². The van der Waals surface area contributed by atoms with Crippen molar-refractivity contribution in [2.45, 2.75) is 13.3 Å². The van der Waals surface area contributed by atoms with Crippen LogP contribution in [0, 0.1) is 6.92 Å². The van der Waals surface area contributed by atoms with Gasteiger partial charge in [-0.05, 0) is 36.2 Å². The first kappa shape index (κ1) is 16.9. The zero-order valence-corrected chi connectivity index (χ0v) is 14.1. The zero-order valence-electron chi connectivity index (χ0n) is 12.5. The van der Waals surface area contributed by atoms with Crippen LogP contribution in [0.3, 0.4) is 0 Å². The first-order chi connectivity index (χ1) is 11.0. The van der Waals surface area contributed by atoms with Gasteiger partial charge in [-0.15, -0.1) is 0 Å². The lowest BCUT2D eigenvalue weighted by Crippen LogP contribution is -2.24. The van der Waals surface area contributed by atoms with Crippen LogP contribution in [0.1, 0.15) is 17.5 Å². The van der Waals surface area contributed by atoms with Gasteiger partial charge in [-0.25, -0.2) is 5.43 Å². The van der Waals surface area contributed by atoms with E-state index in [4.69, 9.17) is 0 Å². The molecular weight excluding hydrogens is 358 g/mol. The number of halogens is 1. The fraction of sp³-hybridized carbons (Fsp3) is 0.118. The van der Waals surface area contributed by atoms with Crippen LogP contribution in [0.4, 0.5) is 5.69 Å². The summed E-state index contributed by atoms with van der Waals surface area (Å²) in [7, 11) is 0. The van der Waals surface area contributed by atoms with Gasteiger partial charge in [0.2, 0.25) is 11.8 Å². The van der Waals surface area contributed by atoms with Crippen LogP contribution in [0.2, 0.25) is 0 Å². The molecule has 0 bridgehead atoms. The van der Waals surface area contributed by atoms with Crippen molar-refractivity contribution in [1.29, 1.82) is 0 Å². The molecule has 0 fully saturated rings. The number of hydrogen-bond acceptors (Lipinski definition) is 3. The molecule has 0 aromatic heterocycles. The highest BCUT2D eigenvalue weighted by Crippen LogP contribution is 2.13. The van der Waals surface area contributed by atoms with Crippen LogP contribution < -0.4 is 10.7 Å². The Morgan fingerprint density at radius 2 is 1.78 bits per heavy atom. The lowest BCUT2D eigenvalue weighted by atomic mass is 10.2. The fourth-order valence-corrected chi connectivity index (χ4v) is 2.08. The second-order valence-corrected chi connectivity index (χ2v) is 5.80. The van der Waals surface area contributed by atoms with Crippen LogP contribution in [-0.4, -0.2) is 18.0 Å². The fourth-order valence-electron chi connectivity index (χ4n) is 1.82. The summed E-state index contributed by atoms with van der Waals surface area (Å²) in [6, 6.07) is 14.8. The highest BCUT2D eigenvalue weighted by molar-refractivity contribution is 9.10. The smallest absolute Gasteiger partial charge is 0.249 e. The third-order valence-electron chi connectivity index (χ3n) is 3.01. The number of rotatable bonds is 5. The van der Waals surface area contributed by atoms with Crippen LogP contribution in [0.5, 0.6) is 0 Å². The second kappa shape index (κ2) is 8.24. The maximum absolute atomic E-state index is 11.8. The minimum absolute atomic E-state index is 0.286. The number of hydrogen-bond donors (Lipinski definition) is 2. The van der Waals surface area contributed by atoms with E-state index in [2.05, 4.69) is 31.8 Å². The summed E-state index contributed by atoms with van der Waals surface area (Å²) in [6.07, 6.45) is 1.23. The number of carbonyl (C=O) groups is 2. The largest absolute Gasteiger partial charge is 0.325 e. The van der Waals surface area contributed by atoms with Gasteiger partial charge in [-0.3, -0.25) is 9.59 Å². The Kier molecular flexibility index (Phi) is 6.05. The highest BCUT2D eigenvalue weighted by atomic mass is 79.9. The van der Waals surface area contributed by atoms with E-state index in [1.165, 1.54) is 6.21 Å². The number of nitrogens with one attached hydrogen (secondary N) is 2. The number of anilines is 1. The molecule has 0 aliphatic heterocycles. The lowest BCUT2D eigenvalue weighted by Gasteiger charge is -2.07. The summed E-state index contributed by atoms with van der Waals surface area (Å²) < 4.78 is 0.964. The summed E-state index contributed by atoms with van der Waals surface area (Å²) >= 11 is 3.34. The van der Waals surface area contributed by atoms with E-state index < -0.39 is 5.91 Å². The molecule has 118 valence electrons. The molecule has 2 amide bonds. The summed E-state index contributed by atoms with van der Waals surface area (Å²) in [6.45, 7) is 1.89. The first-order valence-corrected chi connectivity index (χ1v) is 7.77. The van der Waals surface area contributed by atoms with E-state index in [1.807, 2.05) is 49.4 Å². The second-order valence-electron chi connectivity index (χ2n) is 4.88. The van der Waals surface area contributed by atoms with Crippen LogP contribution >= 0.6 is 15.9 Å². The molecule has 0 heterocycles. The molecule has 2 aromatic carbocycles. The van der Waals surface area contributed by atoms with Gasteiger partial charge < -0.3 is 5.32 Å². The monoisotopic (exact) mass is 373 g/mol. The predicted octanol–water partition coefficient (Wildman–Crippen LogP) is 3.24. The normalized spacial score (nSPS) is 10.5. The predicted molar refractivity (Wildman–Crippen MR) is 94.3 cm³/mol. The van der Waals surface area contributed by atoms with Crippen LogP contribution in [-0.2, 0) is 9.59 Å². The molecule has 0 atom stereocenters. The minimum Gasteiger partial charge on any atom is -0.325 e. The van der Waals surface area contributed by atoms with Crippen molar-refractivity contribution in [3.05, 3.63) is 64.1 Å². The van der Waals surface area contributed by atoms with Crippen molar-refractivity contribution in [2.75, 3.05) is 5.32 Å². The van der Waals surface area contributed by atoms with Gasteiger partial charge in [0.15, 0.2) is 0 Å². The standard InChI is InChI=1S/C17H16BrN3O2/c1-12-4-2-3-5-15(12)20-16(22)10-17(23)21-19-11-13-6-8-14(18)9-7-13/h2-9,11H,10H2,1H3,(H,20,22)(H,21,23). The summed E-state index contributed by atoms with van der Waals surface area (Å²) in [5.74, 6) is -0.847. The number of carbonyl (C=O) groups excluding carboxylic acids is 2. The number of amides is 2.